The van der Waals surface area contributed by atoms with E-state index in [1.165, 1.54) is 41.8 Å². The molecule has 3 aliphatic rings. The fourth-order valence-corrected chi connectivity index (χ4v) is 6.01. The van der Waals surface area contributed by atoms with E-state index >= 15 is 0 Å². The molecule has 3 aromatic rings. The molecular formula is C34H39N3O2. The van der Waals surface area contributed by atoms with Crippen LogP contribution in [0.2, 0.25) is 0 Å². The number of rotatable bonds is 9. The van der Waals surface area contributed by atoms with Crippen molar-refractivity contribution in [2.75, 3.05) is 18.5 Å². The first kappa shape index (κ1) is 25.8. The number of ketones is 1. The minimum Gasteiger partial charge on any atom is -0.374 e. The fraction of sp³-hybridized carbons (Fsp3) is 0.441. The molecule has 2 heterocycles. The summed E-state index contributed by atoms with van der Waals surface area (Å²) >= 11 is 0. The lowest BCUT2D eigenvalue weighted by molar-refractivity contribution is -0.117. The predicted molar refractivity (Wildman–Crippen MR) is 158 cm³/mol. The first-order chi connectivity index (χ1) is 18.6. The standard InChI is InChI=1S/C34H39N3O2/c1-6-34(13-14-34)21-37(5)26-11-12-28-24(16-26)17-31-29(28)20-30(35-31)23-9-7-22(8-10-23)15-27(38)18-25-19-32(39-36-25)33(2,3)4/h7-12,16,19-20,29H,6,13-15,17-18,21H2,1-5H3. The second-order valence-electron chi connectivity index (χ2n) is 12.9. The number of hydrogen-bond donors (Lipinski definition) is 0. The minimum absolute atomic E-state index is 0.115. The Morgan fingerprint density at radius 2 is 1.85 bits per heavy atom. The van der Waals surface area contributed by atoms with Crippen molar-refractivity contribution in [2.24, 2.45) is 10.4 Å². The first-order valence-electron chi connectivity index (χ1n) is 14.3. The number of anilines is 1. The number of Topliss-reactive ketones (excluding diaryl/α,β-unsaturated/α-hetero) is 1. The molecule has 1 saturated carbocycles. The summed E-state index contributed by atoms with van der Waals surface area (Å²) < 4.78 is 5.42. The molecule has 0 bridgehead atoms. The van der Waals surface area contributed by atoms with Gasteiger partial charge in [0.15, 0.2) is 0 Å². The fourth-order valence-electron chi connectivity index (χ4n) is 6.01. The van der Waals surface area contributed by atoms with Crippen LogP contribution in [0.25, 0.3) is 5.70 Å². The van der Waals surface area contributed by atoms with Crippen LogP contribution >= 0.6 is 0 Å². The molecule has 1 atom stereocenters. The summed E-state index contributed by atoms with van der Waals surface area (Å²) in [4.78, 5) is 20.1. The van der Waals surface area contributed by atoms with E-state index in [1.54, 1.807) is 0 Å². The Bertz CT molecular complexity index is 1460. The topological polar surface area (TPSA) is 58.7 Å². The van der Waals surface area contributed by atoms with E-state index in [0.29, 0.717) is 17.5 Å². The quantitative estimate of drug-likeness (QED) is 0.302. The number of aromatic nitrogens is 1. The molecule has 6 rings (SSSR count). The van der Waals surface area contributed by atoms with Crippen molar-refractivity contribution in [1.29, 1.82) is 0 Å². The number of carbonyl (C=O) groups is 1. The van der Waals surface area contributed by atoms with Gasteiger partial charge in [0.05, 0.1) is 17.8 Å². The Morgan fingerprint density at radius 3 is 2.51 bits per heavy atom. The lowest BCUT2D eigenvalue weighted by Crippen LogP contribution is -2.26. The van der Waals surface area contributed by atoms with E-state index in [4.69, 9.17) is 9.52 Å². The van der Waals surface area contributed by atoms with Gasteiger partial charge in [0.25, 0.3) is 0 Å². The van der Waals surface area contributed by atoms with Gasteiger partial charge in [0.1, 0.15) is 11.5 Å². The van der Waals surface area contributed by atoms with Crippen LogP contribution in [0.5, 0.6) is 0 Å². The number of benzene rings is 2. The summed E-state index contributed by atoms with van der Waals surface area (Å²) in [5.74, 6) is 1.22. The van der Waals surface area contributed by atoms with Crippen LogP contribution in [0.1, 0.15) is 86.6 Å². The van der Waals surface area contributed by atoms with Crippen molar-refractivity contribution in [2.45, 2.75) is 77.6 Å². The highest BCUT2D eigenvalue weighted by Crippen LogP contribution is 2.49. The van der Waals surface area contributed by atoms with E-state index in [0.717, 1.165) is 35.5 Å². The maximum absolute atomic E-state index is 12.7. The van der Waals surface area contributed by atoms with E-state index in [1.807, 2.05) is 18.2 Å². The van der Waals surface area contributed by atoms with Gasteiger partial charge in [0.2, 0.25) is 0 Å². The van der Waals surface area contributed by atoms with Crippen molar-refractivity contribution >= 4 is 22.9 Å². The highest BCUT2D eigenvalue weighted by molar-refractivity contribution is 6.06. The summed E-state index contributed by atoms with van der Waals surface area (Å²) in [6.07, 6.45) is 7.90. The van der Waals surface area contributed by atoms with Crippen LogP contribution in [-0.4, -0.2) is 30.2 Å². The smallest absolute Gasteiger partial charge is 0.143 e. The summed E-state index contributed by atoms with van der Waals surface area (Å²) in [6.45, 7) is 9.69. The summed E-state index contributed by atoms with van der Waals surface area (Å²) in [5, 5.41) is 4.09. The molecule has 0 N–H and O–H groups in total. The predicted octanol–water partition coefficient (Wildman–Crippen LogP) is 7.09. The maximum Gasteiger partial charge on any atom is 0.143 e. The highest BCUT2D eigenvalue weighted by Gasteiger charge is 2.41. The van der Waals surface area contributed by atoms with Gasteiger partial charge in [0, 0.05) is 55.2 Å². The molecule has 0 spiro atoms. The Hall–Kier alpha value is -3.47. The zero-order valence-electron chi connectivity index (χ0n) is 23.9. The second kappa shape index (κ2) is 9.62. The highest BCUT2D eigenvalue weighted by atomic mass is 16.5. The van der Waals surface area contributed by atoms with E-state index in [9.17, 15) is 4.79 Å². The zero-order valence-corrected chi connectivity index (χ0v) is 23.9. The molecule has 1 aliphatic heterocycles. The van der Waals surface area contributed by atoms with Crippen molar-refractivity contribution in [3.8, 4) is 0 Å². The van der Waals surface area contributed by atoms with Crippen LogP contribution in [0.4, 0.5) is 5.69 Å². The number of hydrogen-bond acceptors (Lipinski definition) is 5. The van der Waals surface area contributed by atoms with Gasteiger partial charge in [-0.2, -0.15) is 0 Å². The third-order valence-electron chi connectivity index (χ3n) is 8.83. The molecule has 1 fully saturated rings. The summed E-state index contributed by atoms with van der Waals surface area (Å²) in [6, 6.07) is 17.2. The van der Waals surface area contributed by atoms with Crippen molar-refractivity contribution in [1.82, 2.24) is 5.16 Å². The Balaban J connectivity index is 1.09. The first-order valence-corrected chi connectivity index (χ1v) is 14.3. The van der Waals surface area contributed by atoms with Crippen LogP contribution in [0.3, 0.4) is 0 Å². The van der Waals surface area contributed by atoms with Gasteiger partial charge in [-0.1, -0.05) is 63.2 Å². The SMILES string of the molecule is CCC1(CN(C)c2ccc3c(c2)CC2=NC(c4ccc(CC(=O)Cc5cc(C(C)(C)C)on5)cc4)=CC23)CC1. The third kappa shape index (κ3) is 5.24. The monoisotopic (exact) mass is 521 g/mol. The van der Waals surface area contributed by atoms with E-state index in [-0.39, 0.29) is 23.5 Å². The van der Waals surface area contributed by atoms with Crippen LogP contribution in [0, 0.1) is 5.41 Å². The molecule has 0 amide bonds. The zero-order chi connectivity index (χ0) is 27.4. The van der Waals surface area contributed by atoms with Crippen LogP contribution in [0.15, 0.2) is 64.1 Å². The third-order valence-corrected chi connectivity index (χ3v) is 8.83. The molecule has 0 saturated heterocycles. The molecular weight excluding hydrogens is 482 g/mol. The van der Waals surface area contributed by atoms with Crippen molar-refractivity contribution in [3.05, 3.63) is 88.3 Å². The molecule has 1 aromatic heterocycles. The van der Waals surface area contributed by atoms with Crippen LogP contribution < -0.4 is 4.90 Å². The van der Waals surface area contributed by atoms with Crippen molar-refractivity contribution < 1.29 is 9.32 Å². The summed E-state index contributed by atoms with van der Waals surface area (Å²) in [7, 11) is 2.23. The molecule has 39 heavy (non-hydrogen) atoms. The lowest BCUT2D eigenvalue weighted by atomic mass is 9.93. The number of carbonyl (C=O) groups excluding carboxylic acids is 1. The minimum atomic E-state index is -0.115. The molecule has 0 radical (unpaired) electrons. The number of fused-ring (bicyclic) bond motifs is 3. The summed E-state index contributed by atoms with van der Waals surface area (Å²) in [5.41, 5.74) is 9.65. The van der Waals surface area contributed by atoms with Gasteiger partial charge in [-0.25, -0.2) is 0 Å². The van der Waals surface area contributed by atoms with Gasteiger partial charge >= 0.3 is 0 Å². The largest absolute Gasteiger partial charge is 0.374 e. The average molecular weight is 522 g/mol. The van der Waals surface area contributed by atoms with Gasteiger partial charge in [-0.15, -0.1) is 0 Å². The number of allylic oxidation sites excluding steroid dienone is 1. The molecule has 1 unspecified atom stereocenters. The normalized spacial score (nSPS) is 18.8. The Morgan fingerprint density at radius 1 is 1.08 bits per heavy atom. The molecule has 2 aromatic carbocycles. The Kier molecular flexibility index (Phi) is 6.36. The van der Waals surface area contributed by atoms with E-state index < -0.39 is 0 Å². The van der Waals surface area contributed by atoms with Gasteiger partial charge in [-0.3, -0.25) is 9.79 Å². The maximum atomic E-state index is 12.7. The van der Waals surface area contributed by atoms with Gasteiger partial charge < -0.3 is 9.42 Å². The Labute approximate surface area is 232 Å². The number of nitrogens with zero attached hydrogens (tertiary/aromatic N) is 3. The van der Waals surface area contributed by atoms with Crippen LogP contribution in [-0.2, 0) is 29.5 Å². The van der Waals surface area contributed by atoms with Gasteiger partial charge in [-0.05, 0) is 65.1 Å². The average Bonchev–Trinajstić information content (AvgIpc) is 3.19. The second-order valence-corrected chi connectivity index (χ2v) is 12.9. The molecule has 5 nitrogen and oxygen atoms in total. The lowest BCUT2D eigenvalue weighted by Gasteiger charge is -2.25. The van der Waals surface area contributed by atoms with Crippen molar-refractivity contribution in [3.63, 3.8) is 0 Å². The molecule has 5 heteroatoms. The molecule has 2 aliphatic carbocycles. The number of aliphatic imine (C=N–C) groups is 1. The van der Waals surface area contributed by atoms with E-state index in [2.05, 4.69) is 81.2 Å². The molecule has 202 valence electrons.